The Balaban J connectivity index is 1.57. The molecular formula is C23H19N3O2S. The van der Waals surface area contributed by atoms with Crippen LogP contribution in [-0.4, -0.2) is 15.5 Å². The monoisotopic (exact) mass is 401 g/mol. The molecule has 0 spiro atoms. The van der Waals surface area contributed by atoms with Crippen LogP contribution in [0.1, 0.15) is 23.4 Å². The highest BCUT2D eigenvalue weighted by atomic mass is 32.1. The predicted molar refractivity (Wildman–Crippen MR) is 115 cm³/mol. The van der Waals surface area contributed by atoms with Gasteiger partial charge in [0, 0.05) is 10.6 Å². The first-order valence-electron chi connectivity index (χ1n) is 9.41. The van der Waals surface area contributed by atoms with Gasteiger partial charge in [0.2, 0.25) is 5.95 Å². The number of thiophene rings is 1. The summed E-state index contributed by atoms with van der Waals surface area (Å²) in [4.78, 5) is 19.0. The summed E-state index contributed by atoms with van der Waals surface area (Å²) in [6.45, 7) is 2.15. The van der Waals surface area contributed by atoms with Gasteiger partial charge in [-0.1, -0.05) is 48.5 Å². The molecule has 2 aromatic carbocycles. The van der Waals surface area contributed by atoms with Crippen molar-refractivity contribution in [2.24, 2.45) is 0 Å². The molecule has 6 heteroatoms. The van der Waals surface area contributed by atoms with Crippen molar-refractivity contribution in [3.05, 3.63) is 93.8 Å². The quantitative estimate of drug-likeness (QED) is 0.482. The van der Waals surface area contributed by atoms with E-state index in [2.05, 4.69) is 16.0 Å². The van der Waals surface area contributed by atoms with Crippen molar-refractivity contribution in [2.45, 2.75) is 19.6 Å². The van der Waals surface area contributed by atoms with Gasteiger partial charge in [0.25, 0.3) is 0 Å². The fourth-order valence-corrected chi connectivity index (χ4v) is 4.57. The molecule has 0 bridgehead atoms. The number of carbonyl (C=O) groups is 1. The molecule has 0 amide bonds. The maximum atomic E-state index is 13.2. The lowest BCUT2D eigenvalue weighted by atomic mass is 10.0. The van der Waals surface area contributed by atoms with Crippen molar-refractivity contribution >= 4 is 34.3 Å². The summed E-state index contributed by atoms with van der Waals surface area (Å²) < 4.78 is 7.79. The predicted octanol–water partition coefficient (Wildman–Crippen LogP) is 5.13. The normalized spacial score (nSPS) is 15.8. The van der Waals surface area contributed by atoms with Crippen LogP contribution in [0.4, 0.5) is 5.95 Å². The molecular weight excluding hydrogens is 382 g/mol. The Morgan fingerprint density at radius 1 is 1.10 bits per heavy atom. The number of benzene rings is 2. The number of carbonyl (C=O) groups excluding carboxylic acids is 1. The van der Waals surface area contributed by atoms with E-state index in [0.29, 0.717) is 5.57 Å². The number of hydrogen-bond donors (Lipinski definition) is 1. The van der Waals surface area contributed by atoms with E-state index < -0.39 is 0 Å². The molecule has 1 aliphatic heterocycles. The van der Waals surface area contributed by atoms with Crippen molar-refractivity contribution in [2.75, 3.05) is 5.32 Å². The summed E-state index contributed by atoms with van der Waals surface area (Å²) in [7, 11) is 0. The Morgan fingerprint density at radius 3 is 2.69 bits per heavy atom. The van der Waals surface area contributed by atoms with Gasteiger partial charge in [-0.15, -0.1) is 11.3 Å². The van der Waals surface area contributed by atoms with E-state index in [1.807, 2.05) is 73.0 Å². The van der Waals surface area contributed by atoms with Crippen LogP contribution in [0.25, 0.3) is 11.0 Å². The van der Waals surface area contributed by atoms with Gasteiger partial charge in [-0.05, 0) is 36.1 Å². The minimum atomic E-state index is -0.319. The maximum Gasteiger partial charge on any atom is 0.338 e. The molecule has 1 unspecified atom stereocenters. The van der Waals surface area contributed by atoms with Crippen LogP contribution in [0.3, 0.4) is 0 Å². The van der Waals surface area contributed by atoms with Crippen molar-refractivity contribution in [1.82, 2.24) is 9.55 Å². The van der Waals surface area contributed by atoms with E-state index in [9.17, 15) is 4.79 Å². The number of ether oxygens (including phenoxy) is 1. The summed E-state index contributed by atoms with van der Waals surface area (Å²) in [5, 5.41) is 5.33. The molecule has 0 radical (unpaired) electrons. The number of esters is 1. The molecule has 0 fully saturated rings. The number of aromatic nitrogens is 2. The molecule has 0 saturated carbocycles. The van der Waals surface area contributed by atoms with E-state index >= 15 is 0 Å². The molecule has 0 saturated heterocycles. The van der Waals surface area contributed by atoms with Crippen LogP contribution in [0.2, 0.25) is 0 Å². The average molecular weight is 401 g/mol. The topological polar surface area (TPSA) is 56.2 Å². The highest BCUT2D eigenvalue weighted by Crippen LogP contribution is 2.41. The number of rotatable bonds is 4. The summed E-state index contributed by atoms with van der Waals surface area (Å²) >= 11 is 1.62. The number of nitrogens with zero attached hydrogens (tertiary/aromatic N) is 2. The minimum absolute atomic E-state index is 0.241. The molecule has 1 aliphatic rings. The molecule has 4 aromatic rings. The molecule has 3 heterocycles. The Kier molecular flexibility index (Phi) is 4.41. The fourth-order valence-electron chi connectivity index (χ4n) is 3.75. The zero-order valence-corrected chi connectivity index (χ0v) is 16.6. The second-order valence-corrected chi connectivity index (χ2v) is 7.92. The number of para-hydroxylation sites is 2. The van der Waals surface area contributed by atoms with Crippen LogP contribution in [0, 0.1) is 0 Å². The van der Waals surface area contributed by atoms with E-state index in [1.54, 1.807) is 11.3 Å². The van der Waals surface area contributed by atoms with Crippen LogP contribution in [-0.2, 0) is 16.1 Å². The third-order valence-electron chi connectivity index (χ3n) is 5.08. The van der Waals surface area contributed by atoms with Crippen molar-refractivity contribution in [3.63, 3.8) is 0 Å². The lowest BCUT2D eigenvalue weighted by Gasteiger charge is -2.29. The third-order valence-corrected chi connectivity index (χ3v) is 6.00. The standard InChI is InChI=1S/C23H19N3O2S/c1-15-20(22(27)28-14-16-8-3-2-4-9-16)21(19-12-7-13-29-19)26-18-11-6-5-10-17(18)25-23(26)24-15/h2-13,21H,14H2,1H3,(H,24,25). The van der Waals surface area contributed by atoms with Gasteiger partial charge in [0.05, 0.1) is 16.6 Å². The van der Waals surface area contributed by atoms with Gasteiger partial charge in [0.15, 0.2) is 0 Å². The van der Waals surface area contributed by atoms with Gasteiger partial charge >= 0.3 is 5.97 Å². The Labute approximate surface area is 172 Å². The minimum Gasteiger partial charge on any atom is -0.457 e. The number of fused-ring (bicyclic) bond motifs is 3. The Hall–Kier alpha value is -3.38. The van der Waals surface area contributed by atoms with Gasteiger partial charge < -0.3 is 10.1 Å². The van der Waals surface area contributed by atoms with Crippen molar-refractivity contribution in [3.8, 4) is 0 Å². The molecule has 1 N–H and O–H groups in total. The molecule has 2 aromatic heterocycles. The molecule has 0 aliphatic carbocycles. The highest BCUT2D eigenvalue weighted by Gasteiger charge is 2.35. The zero-order valence-electron chi connectivity index (χ0n) is 15.8. The number of hydrogen-bond acceptors (Lipinski definition) is 5. The number of nitrogens with one attached hydrogen (secondary N) is 1. The number of anilines is 1. The third kappa shape index (κ3) is 3.11. The summed E-state index contributed by atoms with van der Waals surface area (Å²) in [6, 6.07) is 21.5. The maximum absolute atomic E-state index is 13.2. The summed E-state index contributed by atoms with van der Waals surface area (Å²) in [6.07, 6.45) is 0. The van der Waals surface area contributed by atoms with Gasteiger partial charge in [-0.2, -0.15) is 0 Å². The largest absolute Gasteiger partial charge is 0.457 e. The summed E-state index contributed by atoms with van der Waals surface area (Å²) in [5.41, 5.74) is 4.21. The highest BCUT2D eigenvalue weighted by molar-refractivity contribution is 7.10. The molecule has 5 nitrogen and oxygen atoms in total. The lowest BCUT2D eigenvalue weighted by molar-refractivity contribution is -0.140. The van der Waals surface area contributed by atoms with Crippen LogP contribution in [0.15, 0.2) is 83.4 Å². The molecule has 5 rings (SSSR count). The molecule has 144 valence electrons. The van der Waals surface area contributed by atoms with Gasteiger partial charge in [-0.25, -0.2) is 9.78 Å². The zero-order chi connectivity index (χ0) is 19.8. The van der Waals surface area contributed by atoms with Gasteiger partial charge in [-0.3, -0.25) is 4.57 Å². The van der Waals surface area contributed by atoms with Crippen LogP contribution < -0.4 is 5.32 Å². The SMILES string of the molecule is CC1=C(C(=O)OCc2ccccc2)C(c2cccs2)n2c(nc3ccccc32)N1. The van der Waals surface area contributed by atoms with Crippen LogP contribution >= 0.6 is 11.3 Å². The second kappa shape index (κ2) is 7.22. The van der Waals surface area contributed by atoms with Crippen molar-refractivity contribution in [1.29, 1.82) is 0 Å². The van der Waals surface area contributed by atoms with Crippen LogP contribution in [0.5, 0.6) is 0 Å². The van der Waals surface area contributed by atoms with Gasteiger partial charge in [0.1, 0.15) is 12.6 Å². The smallest absolute Gasteiger partial charge is 0.338 e. The van der Waals surface area contributed by atoms with E-state index in [-0.39, 0.29) is 18.6 Å². The number of imidazole rings is 1. The Morgan fingerprint density at radius 2 is 1.90 bits per heavy atom. The molecule has 29 heavy (non-hydrogen) atoms. The first-order valence-corrected chi connectivity index (χ1v) is 10.3. The fraction of sp³-hybridized carbons (Fsp3) is 0.130. The molecule has 1 atom stereocenters. The Bertz CT molecular complexity index is 1210. The summed E-state index contributed by atoms with van der Waals surface area (Å²) in [5.74, 6) is 0.419. The average Bonchev–Trinajstić information content (AvgIpc) is 3.39. The number of allylic oxidation sites excluding steroid dienone is 1. The van der Waals surface area contributed by atoms with E-state index in [1.165, 1.54) is 0 Å². The van der Waals surface area contributed by atoms with E-state index in [0.717, 1.165) is 33.1 Å². The lowest BCUT2D eigenvalue weighted by Crippen LogP contribution is -2.28. The van der Waals surface area contributed by atoms with Crippen molar-refractivity contribution < 1.29 is 9.53 Å². The van der Waals surface area contributed by atoms with E-state index in [4.69, 9.17) is 9.72 Å². The first kappa shape index (κ1) is 17.7. The first-order chi connectivity index (χ1) is 14.2. The second-order valence-electron chi connectivity index (χ2n) is 6.94.